The zero-order chi connectivity index (χ0) is 11.4. The molecule has 2 heterocycles. The molecule has 1 aromatic heterocycles. The highest BCUT2D eigenvalue weighted by Gasteiger charge is 2.39. The number of aliphatic hydroxyl groups is 1. The first kappa shape index (κ1) is 11.6. The van der Waals surface area contributed by atoms with E-state index >= 15 is 0 Å². The number of aliphatic hydroxyl groups excluding tert-OH is 1. The first-order valence-corrected chi connectivity index (χ1v) is 5.59. The molecule has 0 amide bonds. The van der Waals surface area contributed by atoms with Crippen molar-refractivity contribution >= 4 is 0 Å². The van der Waals surface area contributed by atoms with Gasteiger partial charge in [0.2, 0.25) is 0 Å². The maximum Gasteiger partial charge on any atom is 0.0983 e. The van der Waals surface area contributed by atoms with Crippen LogP contribution in [0.15, 0.2) is 23.0 Å². The molecule has 1 atom stereocenters. The third-order valence-corrected chi connectivity index (χ3v) is 3.36. The molecule has 2 rings (SSSR count). The number of hydrogen-bond acceptors (Lipinski definition) is 4. The topological polar surface area (TPSA) is 51.8 Å². The second kappa shape index (κ2) is 4.99. The van der Waals surface area contributed by atoms with E-state index in [1.165, 1.54) is 0 Å². The third kappa shape index (κ3) is 2.29. The van der Waals surface area contributed by atoms with Crippen LogP contribution in [-0.2, 0) is 15.9 Å². The fourth-order valence-electron chi connectivity index (χ4n) is 2.21. The minimum absolute atomic E-state index is 0.463. The van der Waals surface area contributed by atoms with E-state index in [0.717, 1.165) is 18.4 Å². The van der Waals surface area contributed by atoms with Gasteiger partial charge in [0.25, 0.3) is 0 Å². The lowest BCUT2D eigenvalue weighted by atomic mass is 9.85. The highest BCUT2D eigenvalue weighted by Crippen LogP contribution is 2.30. The lowest BCUT2D eigenvalue weighted by Crippen LogP contribution is -2.49. The number of furan rings is 1. The van der Waals surface area contributed by atoms with Crippen LogP contribution in [0.3, 0.4) is 0 Å². The maximum absolute atomic E-state index is 10.3. The molecule has 0 bridgehead atoms. The van der Waals surface area contributed by atoms with Gasteiger partial charge in [0.1, 0.15) is 0 Å². The number of rotatable bonds is 4. The first-order chi connectivity index (χ1) is 7.77. The summed E-state index contributed by atoms with van der Waals surface area (Å²) in [6, 6.07) is 1.87. The molecule has 1 aliphatic rings. The maximum atomic E-state index is 10.3. The molecule has 0 spiro atoms. The average Bonchev–Trinajstić information content (AvgIpc) is 2.82. The predicted molar refractivity (Wildman–Crippen MR) is 58.2 cm³/mol. The molecule has 1 aromatic rings. The van der Waals surface area contributed by atoms with E-state index in [2.05, 4.69) is 0 Å². The minimum atomic E-state index is -0.515. The zero-order valence-corrected chi connectivity index (χ0v) is 9.52. The second-order valence-electron chi connectivity index (χ2n) is 4.23. The Balaban J connectivity index is 2.02. The van der Waals surface area contributed by atoms with Crippen LogP contribution in [0.25, 0.3) is 0 Å². The molecule has 4 heteroatoms. The van der Waals surface area contributed by atoms with Crippen LogP contribution in [0.5, 0.6) is 0 Å². The van der Waals surface area contributed by atoms with Crippen molar-refractivity contribution in [1.29, 1.82) is 0 Å². The van der Waals surface area contributed by atoms with Gasteiger partial charge in [-0.05, 0) is 11.6 Å². The summed E-state index contributed by atoms with van der Waals surface area (Å²) < 4.78 is 15.8. The molecule has 16 heavy (non-hydrogen) atoms. The smallest absolute Gasteiger partial charge is 0.0983 e. The SMILES string of the molecule is COC1(C(O)Cc2ccoc2)CCOCC1. The van der Waals surface area contributed by atoms with Crippen molar-refractivity contribution in [2.45, 2.75) is 31.0 Å². The van der Waals surface area contributed by atoms with Crippen molar-refractivity contribution in [3.05, 3.63) is 24.2 Å². The molecule has 0 aromatic carbocycles. The Morgan fingerprint density at radius 2 is 2.25 bits per heavy atom. The molecular formula is C12H18O4. The van der Waals surface area contributed by atoms with Crippen molar-refractivity contribution in [2.24, 2.45) is 0 Å². The van der Waals surface area contributed by atoms with Gasteiger partial charge in [0.05, 0.1) is 24.2 Å². The van der Waals surface area contributed by atoms with E-state index in [9.17, 15) is 5.11 Å². The summed E-state index contributed by atoms with van der Waals surface area (Å²) >= 11 is 0. The Kier molecular flexibility index (Phi) is 3.63. The summed E-state index contributed by atoms with van der Waals surface area (Å²) in [6.45, 7) is 1.30. The largest absolute Gasteiger partial charge is 0.472 e. The quantitative estimate of drug-likeness (QED) is 0.842. The summed E-state index contributed by atoms with van der Waals surface area (Å²) in [6.07, 6.45) is 4.80. The fraction of sp³-hybridized carbons (Fsp3) is 0.667. The Morgan fingerprint density at radius 3 is 2.81 bits per heavy atom. The van der Waals surface area contributed by atoms with Crippen LogP contribution in [0.2, 0.25) is 0 Å². The molecule has 0 radical (unpaired) electrons. The van der Waals surface area contributed by atoms with Crippen LogP contribution in [-0.4, -0.2) is 37.1 Å². The second-order valence-corrected chi connectivity index (χ2v) is 4.23. The molecule has 0 saturated carbocycles. The molecule has 1 saturated heterocycles. The minimum Gasteiger partial charge on any atom is -0.472 e. The van der Waals surface area contributed by atoms with Crippen molar-refractivity contribution in [1.82, 2.24) is 0 Å². The van der Waals surface area contributed by atoms with Crippen LogP contribution < -0.4 is 0 Å². The highest BCUT2D eigenvalue weighted by atomic mass is 16.5. The predicted octanol–water partition coefficient (Wildman–Crippen LogP) is 1.38. The van der Waals surface area contributed by atoms with Crippen molar-refractivity contribution in [3.8, 4) is 0 Å². The van der Waals surface area contributed by atoms with Crippen molar-refractivity contribution in [2.75, 3.05) is 20.3 Å². The molecule has 1 fully saturated rings. The van der Waals surface area contributed by atoms with Gasteiger partial charge < -0.3 is 19.0 Å². The summed E-state index contributed by atoms with van der Waals surface area (Å²) in [4.78, 5) is 0. The van der Waals surface area contributed by atoms with Gasteiger partial charge >= 0.3 is 0 Å². The fourth-order valence-corrected chi connectivity index (χ4v) is 2.21. The summed E-state index contributed by atoms with van der Waals surface area (Å²) in [7, 11) is 1.66. The Bertz CT molecular complexity index is 301. The normalized spacial score (nSPS) is 21.9. The number of methoxy groups -OCH3 is 1. The van der Waals surface area contributed by atoms with E-state index in [0.29, 0.717) is 19.6 Å². The van der Waals surface area contributed by atoms with E-state index in [1.54, 1.807) is 19.6 Å². The van der Waals surface area contributed by atoms with Crippen LogP contribution in [0.4, 0.5) is 0 Å². The summed E-state index contributed by atoms with van der Waals surface area (Å²) in [5, 5.41) is 10.3. The van der Waals surface area contributed by atoms with Crippen molar-refractivity contribution < 1.29 is 19.0 Å². The van der Waals surface area contributed by atoms with Gasteiger partial charge in [-0.3, -0.25) is 0 Å². The molecule has 1 aliphatic heterocycles. The molecule has 1 unspecified atom stereocenters. The van der Waals surface area contributed by atoms with Gasteiger partial charge in [-0.1, -0.05) is 0 Å². The molecule has 0 aliphatic carbocycles. The Labute approximate surface area is 95.2 Å². The monoisotopic (exact) mass is 226 g/mol. The summed E-state index contributed by atoms with van der Waals surface area (Å²) in [5.41, 5.74) is 0.533. The highest BCUT2D eigenvalue weighted by molar-refractivity contribution is 5.09. The van der Waals surface area contributed by atoms with E-state index in [-0.39, 0.29) is 0 Å². The molecule has 90 valence electrons. The van der Waals surface area contributed by atoms with E-state index < -0.39 is 11.7 Å². The van der Waals surface area contributed by atoms with Crippen LogP contribution in [0.1, 0.15) is 18.4 Å². The van der Waals surface area contributed by atoms with E-state index in [1.807, 2.05) is 6.07 Å². The van der Waals surface area contributed by atoms with Gasteiger partial charge in [-0.15, -0.1) is 0 Å². The molecule has 1 N–H and O–H groups in total. The van der Waals surface area contributed by atoms with Crippen LogP contribution >= 0.6 is 0 Å². The van der Waals surface area contributed by atoms with Gasteiger partial charge in [-0.2, -0.15) is 0 Å². The van der Waals surface area contributed by atoms with Gasteiger partial charge in [0, 0.05) is 39.6 Å². The number of hydrogen-bond donors (Lipinski definition) is 1. The van der Waals surface area contributed by atoms with Crippen molar-refractivity contribution in [3.63, 3.8) is 0 Å². The average molecular weight is 226 g/mol. The lowest BCUT2D eigenvalue weighted by Gasteiger charge is -2.39. The summed E-state index contributed by atoms with van der Waals surface area (Å²) in [5.74, 6) is 0. The zero-order valence-electron chi connectivity index (χ0n) is 9.52. The molecule has 4 nitrogen and oxygen atoms in total. The third-order valence-electron chi connectivity index (χ3n) is 3.36. The lowest BCUT2D eigenvalue weighted by molar-refractivity contribution is -0.151. The molecular weight excluding hydrogens is 208 g/mol. The van der Waals surface area contributed by atoms with E-state index in [4.69, 9.17) is 13.9 Å². The van der Waals surface area contributed by atoms with Crippen LogP contribution in [0, 0.1) is 0 Å². The standard InChI is InChI=1S/C12H18O4/c1-14-12(3-6-15-7-4-12)11(13)8-10-2-5-16-9-10/h2,5,9,11,13H,3-4,6-8H2,1H3. The van der Waals surface area contributed by atoms with Gasteiger partial charge in [0.15, 0.2) is 0 Å². The first-order valence-electron chi connectivity index (χ1n) is 5.59. The number of ether oxygens (including phenoxy) is 2. The Hall–Kier alpha value is -0.840. The Morgan fingerprint density at radius 1 is 1.50 bits per heavy atom. The van der Waals surface area contributed by atoms with Gasteiger partial charge in [-0.25, -0.2) is 0 Å².